The lowest BCUT2D eigenvalue weighted by molar-refractivity contribution is -0.138. The van der Waals surface area contributed by atoms with Crippen LogP contribution < -0.4 is 0 Å². The van der Waals surface area contributed by atoms with Crippen LogP contribution in [0.2, 0.25) is 0 Å². The van der Waals surface area contributed by atoms with E-state index < -0.39 is 0 Å². The summed E-state index contributed by atoms with van der Waals surface area (Å²) >= 11 is 1.70. The Hall–Kier alpha value is -1.93. The molecule has 1 atom stereocenters. The smallest absolute Gasteiger partial charge is 0.225 e. The maximum absolute atomic E-state index is 13.2. The van der Waals surface area contributed by atoms with Gasteiger partial charge in [-0.15, -0.1) is 10.2 Å². The Morgan fingerprint density at radius 3 is 2.77 bits per heavy atom. The summed E-state index contributed by atoms with van der Waals surface area (Å²) in [5.74, 6) is 2.59. The van der Waals surface area contributed by atoms with Crippen LogP contribution in [0.5, 0.6) is 0 Å². The summed E-state index contributed by atoms with van der Waals surface area (Å²) in [6.45, 7) is 4.60. The number of carbonyl (C=O) groups excluding carboxylic acids is 1. The lowest BCUT2D eigenvalue weighted by Crippen LogP contribution is -2.44. The number of pyridine rings is 1. The molecule has 3 heterocycles. The van der Waals surface area contributed by atoms with Gasteiger partial charge in [-0.3, -0.25) is 9.78 Å². The van der Waals surface area contributed by atoms with Crippen LogP contribution in [0.15, 0.2) is 29.7 Å². The number of rotatable bonds is 7. The maximum atomic E-state index is 13.2. The second-order valence-electron chi connectivity index (χ2n) is 8.57. The van der Waals surface area contributed by atoms with E-state index in [1.165, 1.54) is 5.56 Å². The molecule has 4 rings (SSSR count). The third kappa shape index (κ3) is 5.29. The Morgan fingerprint density at radius 1 is 1.23 bits per heavy atom. The topological polar surface area (TPSA) is 73.1 Å². The van der Waals surface area contributed by atoms with Crippen molar-refractivity contribution in [3.05, 3.63) is 35.9 Å². The highest BCUT2D eigenvalue weighted by atomic mass is 32.2. The van der Waals surface area contributed by atoms with Gasteiger partial charge in [0.1, 0.15) is 5.82 Å². The van der Waals surface area contributed by atoms with E-state index in [4.69, 9.17) is 4.74 Å². The Balaban J connectivity index is 1.40. The van der Waals surface area contributed by atoms with Gasteiger partial charge in [-0.25, -0.2) is 0 Å². The third-order valence-corrected chi connectivity index (χ3v) is 7.65. The number of carbonyl (C=O) groups is 1. The molecule has 0 radical (unpaired) electrons. The van der Waals surface area contributed by atoms with Crippen molar-refractivity contribution in [3.63, 3.8) is 0 Å². The summed E-state index contributed by atoms with van der Waals surface area (Å²) in [5.41, 5.74) is 1.18. The number of amides is 1. The van der Waals surface area contributed by atoms with Gasteiger partial charge in [0.25, 0.3) is 0 Å². The van der Waals surface area contributed by atoms with Gasteiger partial charge in [0.05, 0.1) is 6.10 Å². The van der Waals surface area contributed by atoms with Crippen LogP contribution >= 0.6 is 11.8 Å². The molecular weight excluding hydrogens is 410 g/mol. The number of methoxy groups -OCH3 is 1. The van der Waals surface area contributed by atoms with Gasteiger partial charge >= 0.3 is 0 Å². The molecule has 0 spiro atoms. The first kappa shape index (κ1) is 22.3. The van der Waals surface area contributed by atoms with Gasteiger partial charge in [-0.05, 0) is 57.1 Å². The zero-order chi connectivity index (χ0) is 21.6. The van der Waals surface area contributed by atoms with E-state index in [1.807, 2.05) is 12.3 Å². The molecule has 0 bridgehead atoms. The largest absolute Gasteiger partial charge is 0.381 e. The molecule has 1 aliphatic carbocycles. The van der Waals surface area contributed by atoms with E-state index in [9.17, 15) is 4.79 Å². The Bertz CT molecular complexity index is 851. The molecule has 168 valence electrons. The Morgan fingerprint density at radius 2 is 2.06 bits per heavy atom. The minimum absolute atomic E-state index is 0.153. The molecule has 2 aliphatic rings. The molecule has 1 saturated heterocycles. The van der Waals surface area contributed by atoms with E-state index in [2.05, 4.69) is 37.6 Å². The summed E-state index contributed by atoms with van der Waals surface area (Å²) in [4.78, 5) is 19.5. The van der Waals surface area contributed by atoms with Gasteiger partial charge in [-0.1, -0.05) is 17.8 Å². The lowest BCUT2D eigenvalue weighted by Gasteiger charge is -2.36. The van der Waals surface area contributed by atoms with E-state index in [1.54, 1.807) is 25.1 Å². The van der Waals surface area contributed by atoms with E-state index in [0.29, 0.717) is 12.0 Å². The zero-order valence-electron chi connectivity index (χ0n) is 18.6. The van der Waals surface area contributed by atoms with Crippen LogP contribution in [0.4, 0.5) is 0 Å². The molecule has 7 nitrogen and oxygen atoms in total. The van der Waals surface area contributed by atoms with Crippen molar-refractivity contribution in [2.45, 2.75) is 74.9 Å². The zero-order valence-corrected chi connectivity index (χ0v) is 19.4. The van der Waals surface area contributed by atoms with E-state index in [0.717, 1.165) is 74.9 Å². The van der Waals surface area contributed by atoms with Crippen LogP contribution in [-0.2, 0) is 21.8 Å². The molecule has 1 saturated carbocycles. The Labute approximate surface area is 189 Å². The van der Waals surface area contributed by atoms with E-state index >= 15 is 0 Å². The highest BCUT2D eigenvalue weighted by molar-refractivity contribution is 7.98. The highest BCUT2D eigenvalue weighted by Gasteiger charge is 2.34. The van der Waals surface area contributed by atoms with Gasteiger partial charge in [0, 0.05) is 56.7 Å². The molecule has 0 N–H and O–H groups in total. The monoisotopic (exact) mass is 443 g/mol. The first-order chi connectivity index (χ1) is 15.2. The predicted molar refractivity (Wildman–Crippen MR) is 121 cm³/mol. The fourth-order valence-electron chi connectivity index (χ4n) is 4.83. The van der Waals surface area contributed by atoms with Crippen molar-refractivity contribution in [2.24, 2.45) is 5.92 Å². The number of ether oxygens (including phenoxy) is 1. The van der Waals surface area contributed by atoms with Gasteiger partial charge in [-0.2, -0.15) is 0 Å². The van der Waals surface area contributed by atoms with Gasteiger partial charge in [0.2, 0.25) is 5.91 Å². The van der Waals surface area contributed by atoms with Crippen LogP contribution in [0.25, 0.3) is 0 Å². The number of piperidine rings is 1. The van der Waals surface area contributed by atoms with Gasteiger partial charge < -0.3 is 14.2 Å². The first-order valence-corrected chi connectivity index (χ1v) is 12.4. The van der Waals surface area contributed by atoms with Crippen molar-refractivity contribution in [1.82, 2.24) is 24.6 Å². The second kappa shape index (κ2) is 10.6. The molecule has 0 aromatic carbocycles. The van der Waals surface area contributed by atoms with Crippen molar-refractivity contribution in [3.8, 4) is 0 Å². The summed E-state index contributed by atoms with van der Waals surface area (Å²) in [6.07, 6.45) is 9.97. The minimum atomic E-state index is 0.153. The van der Waals surface area contributed by atoms with Crippen molar-refractivity contribution >= 4 is 17.7 Å². The first-order valence-electron chi connectivity index (χ1n) is 11.5. The fourth-order valence-corrected chi connectivity index (χ4v) is 5.77. The molecule has 8 heteroatoms. The number of nitrogens with zero attached hydrogens (tertiary/aromatic N) is 5. The SMILES string of the molecule is CCn1c(SCc2cccnc2)nnc1[C@H]1CCCN(C(=O)C2CCC(OC)CC2)C1. The van der Waals surface area contributed by atoms with Gasteiger partial charge in [0.15, 0.2) is 5.16 Å². The average molecular weight is 444 g/mol. The molecule has 0 unspecified atom stereocenters. The highest BCUT2D eigenvalue weighted by Crippen LogP contribution is 2.32. The van der Waals surface area contributed by atoms with Crippen molar-refractivity contribution < 1.29 is 9.53 Å². The minimum Gasteiger partial charge on any atom is -0.381 e. The predicted octanol–water partition coefficient (Wildman–Crippen LogP) is 3.90. The van der Waals surface area contributed by atoms with Crippen LogP contribution in [0, 0.1) is 5.92 Å². The molecule has 2 aromatic rings. The molecule has 1 aliphatic heterocycles. The van der Waals surface area contributed by atoms with Crippen LogP contribution in [0.3, 0.4) is 0 Å². The average Bonchev–Trinajstić information content (AvgIpc) is 3.26. The second-order valence-corrected chi connectivity index (χ2v) is 9.51. The standard InChI is InChI=1S/C23H33N5O2S/c1-3-28-21(25-26-23(28)31-16-17-6-4-12-24-14-17)19-7-5-13-27(15-19)22(29)18-8-10-20(30-2)11-9-18/h4,6,12,14,18-20H,3,5,7-11,13,15-16H2,1-2H3/t18?,19-,20?/m0/s1. The quantitative estimate of drug-likeness (QED) is 0.605. The van der Waals surface area contributed by atoms with Crippen molar-refractivity contribution in [2.75, 3.05) is 20.2 Å². The fraction of sp³-hybridized carbons (Fsp3) is 0.652. The molecule has 2 aromatic heterocycles. The van der Waals surface area contributed by atoms with E-state index in [-0.39, 0.29) is 11.8 Å². The summed E-state index contributed by atoms with van der Waals surface area (Å²) < 4.78 is 7.69. The third-order valence-electron chi connectivity index (χ3n) is 6.61. The molecule has 1 amide bonds. The number of thioether (sulfide) groups is 1. The molecular formula is C23H33N5O2S. The number of hydrogen-bond acceptors (Lipinski definition) is 6. The molecule has 2 fully saturated rings. The summed E-state index contributed by atoms with van der Waals surface area (Å²) in [5, 5.41) is 10.0. The van der Waals surface area contributed by atoms with Crippen LogP contribution in [-0.4, -0.2) is 56.9 Å². The summed E-state index contributed by atoms with van der Waals surface area (Å²) in [6, 6.07) is 4.04. The normalized spacial score (nSPS) is 24.3. The maximum Gasteiger partial charge on any atom is 0.225 e. The number of likely N-dealkylation sites (tertiary alicyclic amines) is 1. The Kier molecular flexibility index (Phi) is 7.61. The summed E-state index contributed by atoms with van der Waals surface area (Å²) in [7, 11) is 1.77. The van der Waals surface area contributed by atoms with Crippen molar-refractivity contribution in [1.29, 1.82) is 0 Å². The lowest BCUT2D eigenvalue weighted by atomic mass is 9.85. The number of aromatic nitrogens is 4. The molecule has 31 heavy (non-hydrogen) atoms. The number of hydrogen-bond donors (Lipinski definition) is 0. The van der Waals surface area contributed by atoms with Crippen LogP contribution in [0.1, 0.15) is 62.8 Å².